The number of pyridine rings is 1. The van der Waals surface area contributed by atoms with E-state index in [2.05, 4.69) is 41.2 Å². The summed E-state index contributed by atoms with van der Waals surface area (Å²) in [4.78, 5) is 6.90. The van der Waals surface area contributed by atoms with Gasteiger partial charge in [0, 0.05) is 25.8 Å². The number of nitrogens with zero attached hydrogens (tertiary/aromatic N) is 2. The zero-order valence-electron chi connectivity index (χ0n) is 14.1. The smallest absolute Gasteiger partial charge is 0.128 e. The van der Waals surface area contributed by atoms with Crippen LogP contribution in [0.3, 0.4) is 0 Å². The first kappa shape index (κ1) is 16.0. The highest BCUT2D eigenvalue weighted by Crippen LogP contribution is 2.18. The lowest BCUT2D eigenvalue weighted by Gasteiger charge is -2.36. The van der Waals surface area contributed by atoms with E-state index in [0.717, 1.165) is 43.5 Å². The molecule has 1 aliphatic rings. The van der Waals surface area contributed by atoms with Crippen molar-refractivity contribution in [2.45, 2.75) is 46.1 Å². The van der Waals surface area contributed by atoms with E-state index in [1.165, 1.54) is 5.56 Å². The van der Waals surface area contributed by atoms with E-state index in [1.54, 1.807) is 0 Å². The van der Waals surface area contributed by atoms with Gasteiger partial charge in [-0.15, -0.1) is 0 Å². The lowest BCUT2D eigenvalue weighted by molar-refractivity contribution is -0.00545. The van der Waals surface area contributed by atoms with E-state index in [9.17, 15) is 0 Å². The predicted octanol–water partition coefficient (Wildman–Crippen LogP) is 2.89. The molecule has 0 spiro atoms. The fourth-order valence-electron chi connectivity index (χ4n) is 2.98. The van der Waals surface area contributed by atoms with Gasteiger partial charge in [-0.2, -0.15) is 0 Å². The number of ether oxygens (including phenoxy) is 1. The first-order chi connectivity index (χ1) is 11.1. The molecule has 3 rings (SSSR count). The molecule has 5 heteroatoms. The lowest BCUT2D eigenvalue weighted by atomic mass is 10.2. The summed E-state index contributed by atoms with van der Waals surface area (Å²) in [5, 5.41) is 3.38. The van der Waals surface area contributed by atoms with Gasteiger partial charge in [-0.25, -0.2) is 4.98 Å². The Labute approximate surface area is 137 Å². The second-order valence-corrected chi connectivity index (χ2v) is 6.30. The Hall–Kier alpha value is -1.85. The van der Waals surface area contributed by atoms with E-state index in [4.69, 9.17) is 9.15 Å². The molecule has 1 fully saturated rings. The molecule has 0 amide bonds. The van der Waals surface area contributed by atoms with E-state index in [-0.39, 0.29) is 12.2 Å². The Morgan fingerprint density at radius 3 is 2.52 bits per heavy atom. The van der Waals surface area contributed by atoms with Gasteiger partial charge >= 0.3 is 0 Å². The minimum Gasteiger partial charge on any atom is -0.465 e. The first-order valence-corrected chi connectivity index (χ1v) is 8.21. The maximum absolute atomic E-state index is 5.77. The normalized spacial score (nSPS) is 21.6. The Kier molecular flexibility index (Phi) is 4.98. The average Bonchev–Trinajstić information content (AvgIpc) is 2.92. The SMILES string of the molecule is Cc1ccc(CNCc2ccc(N3CC(C)OC(C)C3)nc2)o1. The van der Waals surface area contributed by atoms with Gasteiger partial charge in [0.25, 0.3) is 0 Å². The van der Waals surface area contributed by atoms with Crippen LogP contribution in [0.4, 0.5) is 5.82 Å². The molecular formula is C18H25N3O2. The van der Waals surface area contributed by atoms with Crippen LogP contribution in [0.25, 0.3) is 0 Å². The van der Waals surface area contributed by atoms with Crippen LogP contribution in [0, 0.1) is 6.92 Å². The van der Waals surface area contributed by atoms with Crippen LogP contribution in [0.5, 0.6) is 0 Å². The molecule has 2 unspecified atom stereocenters. The summed E-state index contributed by atoms with van der Waals surface area (Å²) in [7, 11) is 0. The minimum atomic E-state index is 0.249. The van der Waals surface area contributed by atoms with Gasteiger partial charge in [0.15, 0.2) is 0 Å². The fourth-order valence-corrected chi connectivity index (χ4v) is 2.98. The van der Waals surface area contributed by atoms with Crippen LogP contribution in [0.15, 0.2) is 34.9 Å². The van der Waals surface area contributed by atoms with Crippen molar-refractivity contribution < 1.29 is 9.15 Å². The second kappa shape index (κ2) is 7.15. The summed E-state index contributed by atoms with van der Waals surface area (Å²) in [6.45, 7) is 9.48. The van der Waals surface area contributed by atoms with Gasteiger partial charge in [-0.05, 0) is 44.5 Å². The molecule has 1 aliphatic heterocycles. The van der Waals surface area contributed by atoms with Crippen LogP contribution >= 0.6 is 0 Å². The second-order valence-electron chi connectivity index (χ2n) is 6.30. The number of aryl methyl sites for hydroxylation is 1. The highest BCUT2D eigenvalue weighted by molar-refractivity contribution is 5.40. The molecule has 23 heavy (non-hydrogen) atoms. The van der Waals surface area contributed by atoms with E-state index < -0.39 is 0 Å². The third-order valence-corrected chi connectivity index (χ3v) is 3.98. The maximum Gasteiger partial charge on any atom is 0.128 e. The molecule has 0 aromatic carbocycles. The third kappa shape index (κ3) is 4.33. The molecule has 2 aromatic heterocycles. The van der Waals surface area contributed by atoms with Crippen molar-refractivity contribution in [3.63, 3.8) is 0 Å². The third-order valence-electron chi connectivity index (χ3n) is 3.98. The summed E-state index contributed by atoms with van der Waals surface area (Å²) >= 11 is 0. The molecule has 1 saturated heterocycles. The Balaban J connectivity index is 1.52. The van der Waals surface area contributed by atoms with Gasteiger partial charge in [0.1, 0.15) is 17.3 Å². The molecule has 0 radical (unpaired) electrons. The van der Waals surface area contributed by atoms with Crippen LogP contribution in [0.1, 0.15) is 30.9 Å². The standard InChI is InChI=1S/C18H25N3O2/c1-13-4-6-17(23-13)10-19-8-16-5-7-18(20-9-16)21-11-14(2)22-15(3)12-21/h4-7,9,14-15,19H,8,10-12H2,1-3H3. The summed E-state index contributed by atoms with van der Waals surface area (Å²) in [5.74, 6) is 2.93. The molecule has 124 valence electrons. The number of aromatic nitrogens is 1. The molecule has 5 nitrogen and oxygen atoms in total. The summed E-state index contributed by atoms with van der Waals surface area (Å²) in [6, 6.07) is 8.22. The molecule has 2 atom stereocenters. The Morgan fingerprint density at radius 1 is 1.13 bits per heavy atom. The van der Waals surface area contributed by atoms with Gasteiger partial charge in [-0.3, -0.25) is 0 Å². The van der Waals surface area contributed by atoms with E-state index >= 15 is 0 Å². The zero-order chi connectivity index (χ0) is 16.2. The number of hydrogen-bond acceptors (Lipinski definition) is 5. The van der Waals surface area contributed by atoms with E-state index in [0.29, 0.717) is 0 Å². The number of furan rings is 1. The Morgan fingerprint density at radius 2 is 1.91 bits per heavy atom. The summed E-state index contributed by atoms with van der Waals surface area (Å²) in [5.41, 5.74) is 1.17. The predicted molar refractivity (Wildman–Crippen MR) is 90.4 cm³/mol. The summed E-state index contributed by atoms with van der Waals surface area (Å²) < 4.78 is 11.3. The van der Waals surface area contributed by atoms with Gasteiger partial charge < -0.3 is 19.4 Å². The summed E-state index contributed by atoms with van der Waals surface area (Å²) in [6.07, 6.45) is 2.44. The van der Waals surface area contributed by atoms with Crippen LogP contribution in [-0.4, -0.2) is 30.3 Å². The number of nitrogens with one attached hydrogen (secondary N) is 1. The zero-order valence-corrected chi connectivity index (χ0v) is 14.1. The quantitative estimate of drug-likeness (QED) is 0.919. The average molecular weight is 315 g/mol. The highest BCUT2D eigenvalue weighted by atomic mass is 16.5. The molecule has 0 bridgehead atoms. The van der Waals surface area contributed by atoms with Crippen molar-refractivity contribution in [3.8, 4) is 0 Å². The number of hydrogen-bond donors (Lipinski definition) is 1. The topological polar surface area (TPSA) is 50.5 Å². The van der Waals surface area contributed by atoms with Crippen molar-refractivity contribution in [1.82, 2.24) is 10.3 Å². The van der Waals surface area contributed by atoms with Crippen LogP contribution in [0.2, 0.25) is 0 Å². The van der Waals surface area contributed by atoms with Gasteiger partial charge in [0.2, 0.25) is 0 Å². The molecule has 2 aromatic rings. The molecule has 0 saturated carbocycles. The van der Waals surface area contributed by atoms with Crippen molar-refractivity contribution in [2.75, 3.05) is 18.0 Å². The van der Waals surface area contributed by atoms with Gasteiger partial charge in [0.05, 0.1) is 18.8 Å². The maximum atomic E-state index is 5.77. The molecule has 0 aliphatic carbocycles. The number of rotatable bonds is 5. The number of anilines is 1. The monoisotopic (exact) mass is 315 g/mol. The van der Waals surface area contributed by atoms with Crippen LogP contribution < -0.4 is 10.2 Å². The van der Waals surface area contributed by atoms with Crippen molar-refractivity contribution in [3.05, 3.63) is 47.5 Å². The van der Waals surface area contributed by atoms with Crippen LogP contribution in [-0.2, 0) is 17.8 Å². The van der Waals surface area contributed by atoms with Crippen molar-refractivity contribution >= 4 is 5.82 Å². The fraction of sp³-hybridized carbons (Fsp3) is 0.500. The largest absolute Gasteiger partial charge is 0.465 e. The lowest BCUT2D eigenvalue weighted by Crippen LogP contribution is -2.45. The van der Waals surface area contributed by atoms with Gasteiger partial charge in [-0.1, -0.05) is 6.07 Å². The van der Waals surface area contributed by atoms with Crippen molar-refractivity contribution in [1.29, 1.82) is 0 Å². The molecule has 3 heterocycles. The molecule has 1 N–H and O–H groups in total. The minimum absolute atomic E-state index is 0.249. The van der Waals surface area contributed by atoms with E-state index in [1.807, 2.05) is 25.3 Å². The number of morpholine rings is 1. The first-order valence-electron chi connectivity index (χ1n) is 8.21. The molecular weight excluding hydrogens is 290 g/mol. The Bertz CT molecular complexity index is 613. The highest BCUT2D eigenvalue weighted by Gasteiger charge is 2.22. The van der Waals surface area contributed by atoms with Crippen molar-refractivity contribution in [2.24, 2.45) is 0 Å².